The predicted molar refractivity (Wildman–Crippen MR) is 88.9 cm³/mol. The van der Waals surface area contributed by atoms with Crippen LogP contribution in [0, 0.1) is 11.8 Å². The second kappa shape index (κ2) is 6.99. The third kappa shape index (κ3) is 3.53. The summed E-state index contributed by atoms with van der Waals surface area (Å²) in [6.07, 6.45) is 1.29. The predicted octanol–water partition coefficient (Wildman–Crippen LogP) is 3.71. The normalized spacial score (nSPS) is 28.4. The lowest BCUT2D eigenvalue weighted by Gasteiger charge is -2.45. The average Bonchev–Trinajstić information content (AvgIpc) is 2.45. The van der Waals surface area contributed by atoms with E-state index in [2.05, 4.69) is 31.7 Å². The fourth-order valence-corrected chi connectivity index (χ4v) is 3.79. The Morgan fingerprint density at radius 1 is 1.38 bits per heavy atom. The molecular weight excluding hydrogens is 284 g/mol. The number of nitrogens with two attached hydrogens (primary N) is 1. The van der Waals surface area contributed by atoms with Crippen LogP contribution < -0.4 is 10.5 Å². The molecule has 0 aromatic heterocycles. The lowest BCUT2D eigenvalue weighted by Crippen LogP contribution is -2.49. The highest BCUT2D eigenvalue weighted by Crippen LogP contribution is 2.35. The van der Waals surface area contributed by atoms with Gasteiger partial charge in [0.25, 0.3) is 0 Å². The summed E-state index contributed by atoms with van der Waals surface area (Å²) in [4.78, 5) is 2.54. The van der Waals surface area contributed by atoms with Crippen molar-refractivity contribution in [3.8, 4) is 5.75 Å². The van der Waals surface area contributed by atoms with Crippen molar-refractivity contribution in [3.05, 3.63) is 28.8 Å². The van der Waals surface area contributed by atoms with Gasteiger partial charge in [0, 0.05) is 25.2 Å². The second-order valence-electron chi connectivity index (χ2n) is 6.40. The summed E-state index contributed by atoms with van der Waals surface area (Å²) in [5, 5.41) is 0.652. The summed E-state index contributed by atoms with van der Waals surface area (Å²) >= 11 is 6.28. The van der Waals surface area contributed by atoms with E-state index in [1.807, 2.05) is 12.1 Å². The minimum atomic E-state index is 0.216. The van der Waals surface area contributed by atoms with Crippen molar-refractivity contribution in [2.24, 2.45) is 17.6 Å². The van der Waals surface area contributed by atoms with E-state index < -0.39 is 0 Å². The Morgan fingerprint density at radius 2 is 2.10 bits per heavy atom. The largest absolute Gasteiger partial charge is 0.495 e. The summed E-state index contributed by atoms with van der Waals surface area (Å²) in [7, 11) is 1.64. The van der Waals surface area contributed by atoms with Crippen LogP contribution in [0.5, 0.6) is 5.75 Å². The van der Waals surface area contributed by atoms with Crippen LogP contribution in [0.1, 0.15) is 38.8 Å². The highest BCUT2D eigenvalue weighted by molar-refractivity contribution is 6.32. The number of likely N-dealkylation sites (tertiary alicyclic amines) is 1. The topological polar surface area (TPSA) is 38.5 Å². The monoisotopic (exact) mass is 310 g/mol. The van der Waals surface area contributed by atoms with Crippen LogP contribution in [-0.2, 0) is 0 Å². The summed E-state index contributed by atoms with van der Waals surface area (Å²) in [5.41, 5.74) is 7.27. The van der Waals surface area contributed by atoms with Gasteiger partial charge in [0.15, 0.2) is 0 Å². The molecule has 1 fully saturated rings. The molecule has 21 heavy (non-hydrogen) atoms. The highest BCUT2D eigenvalue weighted by atomic mass is 35.5. The number of hydrogen-bond donors (Lipinski definition) is 1. The Kier molecular flexibility index (Phi) is 5.53. The van der Waals surface area contributed by atoms with E-state index in [0.717, 1.165) is 6.54 Å². The number of rotatable bonds is 4. The lowest BCUT2D eigenvalue weighted by atomic mass is 9.84. The third-order valence-corrected chi connectivity index (χ3v) is 5.12. The van der Waals surface area contributed by atoms with E-state index in [1.165, 1.54) is 12.0 Å². The van der Waals surface area contributed by atoms with Gasteiger partial charge in [-0.3, -0.25) is 4.90 Å². The van der Waals surface area contributed by atoms with Gasteiger partial charge in [-0.15, -0.1) is 0 Å². The lowest BCUT2D eigenvalue weighted by molar-refractivity contribution is 0.0424. The maximum Gasteiger partial charge on any atom is 0.137 e. The standard InChI is InChI=1S/C17H27ClN2O/c1-11-7-12(2)13(3)20(10-11)16(9-19)14-5-6-17(21-4)15(18)8-14/h5-6,8,11-13,16H,7,9-10,19H2,1-4H3. The Morgan fingerprint density at radius 3 is 2.67 bits per heavy atom. The maximum absolute atomic E-state index is 6.28. The fourth-order valence-electron chi connectivity index (χ4n) is 3.52. The summed E-state index contributed by atoms with van der Waals surface area (Å²) in [5.74, 6) is 2.11. The van der Waals surface area contributed by atoms with E-state index in [1.54, 1.807) is 7.11 Å². The van der Waals surface area contributed by atoms with Crippen LogP contribution in [-0.4, -0.2) is 31.1 Å². The van der Waals surface area contributed by atoms with Crippen molar-refractivity contribution in [2.45, 2.75) is 39.3 Å². The Hall–Kier alpha value is -0.770. The Bertz CT molecular complexity index is 480. The molecule has 3 nitrogen and oxygen atoms in total. The van der Waals surface area contributed by atoms with Gasteiger partial charge in [0.2, 0.25) is 0 Å². The molecule has 0 bridgehead atoms. The molecule has 2 rings (SSSR count). The van der Waals surface area contributed by atoms with Crippen LogP contribution in [0.25, 0.3) is 0 Å². The summed E-state index contributed by atoms with van der Waals surface area (Å²) in [6, 6.07) is 6.76. The van der Waals surface area contributed by atoms with Gasteiger partial charge in [0.1, 0.15) is 5.75 Å². The molecule has 0 saturated carbocycles. The fraction of sp³-hybridized carbons (Fsp3) is 0.647. The van der Waals surface area contributed by atoms with Gasteiger partial charge in [-0.25, -0.2) is 0 Å². The molecule has 0 aliphatic carbocycles. The van der Waals surface area contributed by atoms with Gasteiger partial charge in [0.05, 0.1) is 12.1 Å². The SMILES string of the molecule is COc1ccc(C(CN)N2CC(C)CC(C)C2C)cc1Cl. The van der Waals surface area contributed by atoms with Crippen molar-refractivity contribution in [2.75, 3.05) is 20.2 Å². The molecule has 4 atom stereocenters. The third-order valence-electron chi connectivity index (χ3n) is 4.83. The Balaban J connectivity index is 2.28. The number of benzene rings is 1. The molecule has 2 N–H and O–H groups in total. The molecular formula is C17H27ClN2O. The quantitative estimate of drug-likeness (QED) is 0.921. The van der Waals surface area contributed by atoms with E-state index in [9.17, 15) is 0 Å². The minimum absolute atomic E-state index is 0.216. The van der Waals surface area contributed by atoms with E-state index >= 15 is 0 Å². The van der Waals surface area contributed by atoms with Gasteiger partial charge in [-0.05, 0) is 42.9 Å². The molecule has 1 saturated heterocycles. The summed E-state index contributed by atoms with van der Waals surface area (Å²) in [6.45, 7) is 8.67. The molecule has 4 unspecified atom stereocenters. The number of halogens is 1. The van der Waals surface area contributed by atoms with Crippen LogP contribution in [0.15, 0.2) is 18.2 Å². The average molecular weight is 311 g/mol. The first kappa shape index (κ1) is 16.6. The van der Waals surface area contributed by atoms with Crippen LogP contribution in [0.4, 0.5) is 0 Å². The van der Waals surface area contributed by atoms with E-state index in [-0.39, 0.29) is 6.04 Å². The number of methoxy groups -OCH3 is 1. The number of hydrogen-bond acceptors (Lipinski definition) is 3. The first-order valence-electron chi connectivity index (χ1n) is 7.77. The van der Waals surface area contributed by atoms with Gasteiger partial charge in [-0.1, -0.05) is 31.5 Å². The molecule has 1 aromatic rings. The van der Waals surface area contributed by atoms with Crippen molar-refractivity contribution in [1.82, 2.24) is 4.90 Å². The maximum atomic E-state index is 6.28. The molecule has 0 amide bonds. The smallest absolute Gasteiger partial charge is 0.137 e. The van der Waals surface area contributed by atoms with Crippen molar-refractivity contribution in [3.63, 3.8) is 0 Å². The zero-order chi connectivity index (χ0) is 15.6. The number of ether oxygens (including phenoxy) is 1. The molecule has 1 aromatic carbocycles. The van der Waals surface area contributed by atoms with Gasteiger partial charge < -0.3 is 10.5 Å². The molecule has 1 heterocycles. The molecule has 118 valence electrons. The van der Waals surface area contributed by atoms with E-state index in [0.29, 0.717) is 35.2 Å². The molecule has 4 heteroatoms. The van der Waals surface area contributed by atoms with Crippen LogP contribution >= 0.6 is 11.6 Å². The second-order valence-corrected chi connectivity index (χ2v) is 6.81. The number of nitrogens with zero attached hydrogens (tertiary/aromatic N) is 1. The zero-order valence-electron chi connectivity index (χ0n) is 13.5. The molecule has 1 aliphatic heterocycles. The first-order valence-corrected chi connectivity index (χ1v) is 8.15. The van der Waals surface area contributed by atoms with Gasteiger partial charge in [-0.2, -0.15) is 0 Å². The van der Waals surface area contributed by atoms with Crippen molar-refractivity contribution in [1.29, 1.82) is 0 Å². The summed E-state index contributed by atoms with van der Waals surface area (Å²) < 4.78 is 5.24. The zero-order valence-corrected chi connectivity index (χ0v) is 14.2. The minimum Gasteiger partial charge on any atom is -0.495 e. The molecule has 0 spiro atoms. The molecule has 0 radical (unpaired) electrons. The van der Waals surface area contributed by atoms with Crippen LogP contribution in [0.2, 0.25) is 5.02 Å². The van der Waals surface area contributed by atoms with Crippen molar-refractivity contribution >= 4 is 11.6 Å². The van der Waals surface area contributed by atoms with Crippen molar-refractivity contribution < 1.29 is 4.74 Å². The van der Waals surface area contributed by atoms with Crippen LogP contribution in [0.3, 0.4) is 0 Å². The highest BCUT2D eigenvalue weighted by Gasteiger charge is 2.33. The Labute approximate surface area is 133 Å². The molecule has 1 aliphatic rings. The van der Waals surface area contributed by atoms with E-state index in [4.69, 9.17) is 22.1 Å². The van der Waals surface area contributed by atoms with Gasteiger partial charge >= 0.3 is 0 Å². The first-order chi connectivity index (χ1) is 9.97. The number of piperidine rings is 1.